The summed E-state index contributed by atoms with van der Waals surface area (Å²) >= 11 is 1.32. The number of benzene rings is 3. The van der Waals surface area contributed by atoms with Gasteiger partial charge in [0.05, 0.1) is 11.5 Å². The minimum Gasteiger partial charge on any atom is -0.399 e. The molecule has 1 heterocycles. The van der Waals surface area contributed by atoms with E-state index in [1.54, 1.807) is 31.4 Å². The molecule has 0 aliphatic rings. The number of hydrogen-bond acceptors (Lipinski definition) is 6. The first kappa shape index (κ1) is 26.7. The number of anilines is 1. The highest BCUT2D eigenvalue weighted by Gasteiger charge is 2.21. The fraction of sp³-hybridized carbons (Fsp3) is 0.250. The lowest BCUT2D eigenvalue weighted by molar-refractivity contribution is 0.181. The van der Waals surface area contributed by atoms with Gasteiger partial charge in [0.2, 0.25) is 0 Å². The van der Waals surface area contributed by atoms with Crippen molar-refractivity contribution in [2.75, 3.05) is 25.0 Å². The van der Waals surface area contributed by atoms with Gasteiger partial charge in [-0.2, -0.15) is 0 Å². The molecular weight excluding hydrogens is 508 g/mol. The SMILES string of the molecule is COCCNC(=O)Oc1sc2ccc(NS(=O)(=O)c3ccc(C(C)(C)C)cc3)cc2c1-c1ccccc1. The number of methoxy groups -OCH3 is 1. The molecule has 0 spiro atoms. The lowest BCUT2D eigenvalue weighted by Gasteiger charge is -2.19. The summed E-state index contributed by atoms with van der Waals surface area (Å²) in [6.07, 6.45) is -0.583. The van der Waals surface area contributed by atoms with Crippen molar-refractivity contribution in [3.05, 3.63) is 78.4 Å². The van der Waals surface area contributed by atoms with Crippen LogP contribution in [0.5, 0.6) is 5.06 Å². The second-order valence-electron chi connectivity index (χ2n) is 9.53. The molecule has 0 atom stereocenters. The summed E-state index contributed by atoms with van der Waals surface area (Å²) in [5.74, 6) is 0. The number of rotatable bonds is 8. The van der Waals surface area contributed by atoms with Crippen LogP contribution in [-0.4, -0.2) is 34.8 Å². The average Bonchev–Trinajstić information content (AvgIpc) is 3.21. The number of ether oxygens (including phenoxy) is 2. The van der Waals surface area contributed by atoms with Gasteiger partial charge in [0.25, 0.3) is 10.0 Å². The maximum absolute atomic E-state index is 13.1. The van der Waals surface area contributed by atoms with E-state index in [9.17, 15) is 13.2 Å². The molecule has 0 radical (unpaired) electrons. The van der Waals surface area contributed by atoms with Gasteiger partial charge in [0.15, 0.2) is 5.06 Å². The van der Waals surface area contributed by atoms with E-state index in [0.717, 1.165) is 26.8 Å². The Balaban J connectivity index is 1.68. The molecule has 0 aliphatic carbocycles. The van der Waals surface area contributed by atoms with E-state index in [-0.39, 0.29) is 10.3 Å². The molecule has 0 saturated carbocycles. The predicted octanol–water partition coefficient (Wildman–Crippen LogP) is 6.40. The number of sulfonamides is 1. The molecule has 0 bridgehead atoms. The molecule has 2 N–H and O–H groups in total. The van der Waals surface area contributed by atoms with Gasteiger partial charge in [-0.25, -0.2) is 13.2 Å². The van der Waals surface area contributed by atoms with Crippen LogP contribution in [0.4, 0.5) is 10.5 Å². The summed E-state index contributed by atoms with van der Waals surface area (Å²) in [7, 11) is -2.25. The molecule has 0 fully saturated rings. The summed E-state index contributed by atoms with van der Waals surface area (Å²) in [5, 5.41) is 3.86. The largest absolute Gasteiger partial charge is 0.413 e. The molecule has 3 aromatic carbocycles. The van der Waals surface area contributed by atoms with Crippen molar-refractivity contribution in [1.82, 2.24) is 5.32 Å². The van der Waals surface area contributed by atoms with Crippen LogP contribution in [-0.2, 0) is 20.2 Å². The molecule has 4 aromatic rings. The van der Waals surface area contributed by atoms with Crippen molar-refractivity contribution in [2.45, 2.75) is 31.1 Å². The van der Waals surface area contributed by atoms with Gasteiger partial charge >= 0.3 is 6.09 Å². The van der Waals surface area contributed by atoms with Gasteiger partial charge in [-0.05, 0) is 46.9 Å². The zero-order valence-corrected chi connectivity index (χ0v) is 22.8. The van der Waals surface area contributed by atoms with Crippen molar-refractivity contribution < 1.29 is 22.7 Å². The number of nitrogens with one attached hydrogen (secondary N) is 2. The highest BCUT2D eigenvalue weighted by Crippen LogP contribution is 2.45. The molecule has 0 saturated heterocycles. The van der Waals surface area contributed by atoms with Crippen molar-refractivity contribution >= 4 is 43.2 Å². The van der Waals surface area contributed by atoms with Crippen molar-refractivity contribution in [1.29, 1.82) is 0 Å². The Labute approximate surface area is 221 Å². The average molecular weight is 539 g/mol. The lowest BCUT2D eigenvalue weighted by atomic mass is 9.87. The summed E-state index contributed by atoms with van der Waals surface area (Å²) in [6.45, 7) is 6.93. The highest BCUT2D eigenvalue weighted by molar-refractivity contribution is 7.92. The van der Waals surface area contributed by atoms with Crippen molar-refractivity contribution in [2.24, 2.45) is 0 Å². The van der Waals surface area contributed by atoms with Crippen LogP contribution in [0.3, 0.4) is 0 Å². The van der Waals surface area contributed by atoms with E-state index in [2.05, 4.69) is 30.8 Å². The third kappa shape index (κ3) is 6.30. The summed E-state index contributed by atoms with van der Waals surface area (Å²) < 4.78 is 40.4. The van der Waals surface area contributed by atoms with E-state index in [1.165, 1.54) is 11.3 Å². The molecule has 9 heteroatoms. The minimum absolute atomic E-state index is 0.0754. The van der Waals surface area contributed by atoms with Crippen LogP contribution in [0.2, 0.25) is 0 Å². The topological polar surface area (TPSA) is 93.7 Å². The Morgan fingerprint density at radius 2 is 1.68 bits per heavy atom. The standard InChI is InChI=1S/C28H30N2O5S2/c1-28(2,3)20-10-13-22(14-11-20)37(32,33)30-21-12-15-24-23(18-21)25(19-8-6-5-7-9-19)26(36-24)35-27(31)29-16-17-34-4/h5-15,18,30H,16-17H2,1-4H3,(H,29,31). The van der Waals surface area contributed by atoms with Crippen molar-refractivity contribution in [3.63, 3.8) is 0 Å². The van der Waals surface area contributed by atoms with E-state index >= 15 is 0 Å². The maximum Gasteiger partial charge on any atom is 0.413 e. The van der Waals surface area contributed by atoms with Gasteiger partial charge in [0.1, 0.15) is 0 Å². The van der Waals surface area contributed by atoms with Crippen LogP contribution in [0.15, 0.2) is 77.7 Å². The Hall–Kier alpha value is -3.40. The molecule has 7 nitrogen and oxygen atoms in total. The number of carbonyl (C=O) groups excluding carboxylic acids is 1. The Morgan fingerprint density at radius 1 is 0.973 bits per heavy atom. The van der Waals surface area contributed by atoms with E-state index in [0.29, 0.717) is 23.9 Å². The van der Waals surface area contributed by atoms with Gasteiger partial charge in [-0.1, -0.05) is 74.6 Å². The van der Waals surface area contributed by atoms with Crippen LogP contribution in [0.1, 0.15) is 26.3 Å². The smallest absolute Gasteiger partial charge is 0.399 e. The summed E-state index contributed by atoms with van der Waals surface area (Å²) in [6, 6.07) is 21.8. The van der Waals surface area contributed by atoms with Crippen LogP contribution in [0.25, 0.3) is 21.2 Å². The Kier molecular flexibility index (Phi) is 7.87. The van der Waals surface area contributed by atoms with Gasteiger partial charge in [0, 0.05) is 35.0 Å². The zero-order valence-electron chi connectivity index (χ0n) is 21.2. The molecule has 1 amide bonds. The minimum atomic E-state index is -3.80. The van der Waals surface area contributed by atoms with Gasteiger partial charge in [-0.3, -0.25) is 4.72 Å². The monoisotopic (exact) mass is 538 g/mol. The molecule has 194 valence electrons. The summed E-state index contributed by atoms with van der Waals surface area (Å²) in [5.41, 5.74) is 2.97. The van der Waals surface area contributed by atoms with Gasteiger partial charge < -0.3 is 14.8 Å². The van der Waals surface area contributed by atoms with Crippen LogP contribution in [0, 0.1) is 0 Å². The molecule has 0 unspecified atom stereocenters. The first-order valence-corrected chi connectivity index (χ1v) is 14.1. The second-order valence-corrected chi connectivity index (χ2v) is 12.2. The molecule has 4 rings (SSSR count). The zero-order chi connectivity index (χ0) is 26.6. The molecule has 1 aromatic heterocycles. The normalized spacial score (nSPS) is 11.9. The van der Waals surface area contributed by atoms with E-state index < -0.39 is 16.1 Å². The summed E-state index contributed by atoms with van der Waals surface area (Å²) in [4.78, 5) is 12.6. The third-order valence-electron chi connectivity index (χ3n) is 5.76. The maximum atomic E-state index is 13.1. The third-order valence-corrected chi connectivity index (χ3v) is 8.21. The van der Waals surface area contributed by atoms with Crippen LogP contribution >= 0.6 is 11.3 Å². The number of amides is 1. The number of hydrogen-bond donors (Lipinski definition) is 2. The molecular formula is C28H30N2O5S2. The van der Waals surface area contributed by atoms with Crippen LogP contribution < -0.4 is 14.8 Å². The fourth-order valence-corrected chi connectivity index (χ4v) is 5.92. The number of thiophene rings is 1. The molecule has 37 heavy (non-hydrogen) atoms. The Morgan fingerprint density at radius 3 is 2.32 bits per heavy atom. The fourth-order valence-electron chi connectivity index (χ4n) is 3.81. The van der Waals surface area contributed by atoms with E-state index in [4.69, 9.17) is 9.47 Å². The Bertz CT molecular complexity index is 1490. The number of fused-ring (bicyclic) bond motifs is 1. The molecule has 0 aliphatic heterocycles. The number of carbonyl (C=O) groups is 1. The highest BCUT2D eigenvalue weighted by atomic mass is 32.2. The van der Waals surface area contributed by atoms with Crippen molar-refractivity contribution in [3.8, 4) is 16.2 Å². The van der Waals surface area contributed by atoms with Gasteiger partial charge in [-0.15, -0.1) is 0 Å². The quantitative estimate of drug-likeness (QED) is 0.253. The van der Waals surface area contributed by atoms with E-state index in [1.807, 2.05) is 48.5 Å². The second kappa shape index (κ2) is 10.9. The predicted molar refractivity (Wildman–Crippen MR) is 149 cm³/mol. The first-order chi connectivity index (χ1) is 17.6. The first-order valence-electron chi connectivity index (χ1n) is 11.8. The lowest BCUT2D eigenvalue weighted by Crippen LogP contribution is -2.29.